The number of nitrogens with zero attached hydrogens (tertiary/aromatic N) is 2. The molecule has 1 atom stereocenters. The van der Waals surface area contributed by atoms with Crippen molar-refractivity contribution in [2.45, 2.75) is 19.1 Å². The van der Waals surface area contributed by atoms with E-state index in [1.54, 1.807) is 14.2 Å². The predicted octanol–water partition coefficient (Wildman–Crippen LogP) is 0.120. The van der Waals surface area contributed by atoms with Crippen LogP contribution in [0.1, 0.15) is 11.1 Å². The van der Waals surface area contributed by atoms with Gasteiger partial charge in [0.15, 0.2) is 11.5 Å². The lowest BCUT2D eigenvalue weighted by atomic mass is 9.97. The van der Waals surface area contributed by atoms with Crippen LogP contribution in [0.2, 0.25) is 0 Å². The molecular formula is C12H17N3O2. The van der Waals surface area contributed by atoms with Crippen molar-refractivity contribution >= 4 is 0 Å². The maximum Gasteiger partial charge on any atom is 0.200 e. The molecule has 1 heterocycles. The Balaban J connectivity index is 2.41. The van der Waals surface area contributed by atoms with Crippen LogP contribution in [-0.2, 0) is 13.0 Å². The molecule has 0 aliphatic carbocycles. The number of rotatable bonds is 3. The average molecular weight is 235 g/mol. The van der Waals surface area contributed by atoms with Gasteiger partial charge in [-0.1, -0.05) is 0 Å². The van der Waals surface area contributed by atoms with E-state index in [2.05, 4.69) is 5.11 Å². The molecule has 0 fully saturated rings. The van der Waals surface area contributed by atoms with Gasteiger partial charge in [0.05, 0.1) is 14.2 Å². The normalized spacial score (nSPS) is 19.6. The lowest BCUT2D eigenvalue weighted by molar-refractivity contribution is -0.555. The Bertz CT molecular complexity index is 434. The van der Waals surface area contributed by atoms with Gasteiger partial charge < -0.3 is 20.1 Å². The summed E-state index contributed by atoms with van der Waals surface area (Å²) in [5.41, 5.74) is 11.4. The molecule has 0 radical (unpaired) electrons. The van der Waals surface area contributed by atoms with Gasteiger partial charge in [-0.2, -0.15) is 0 Å². The van der Waals surface area contributed by atoms with Gasteiger partial charge in [-0.05, 0) is 30.3 Å². The van der Waals surface area contributed by atoms with Crippen molar-refractivity contribution in [2.75, 3.05) is 21.3 Å². The number of methoxy groups -OCH3 is 2. The van der Waals surface area contributed by atoms with Gasteiger partial charge in [0, 0.05) is 13.0 Å². The molecule has 0 saturated heterocycles. The fourth-order valence-corrected chi connectivity index (χ4v) is 2.19. The van der Waals surface area contributed by atoms with E-state index in [0.717, 1.165) is 24.5 Å². The van der Waals surface area contributed by atoms with Gasteiger partial charge in [0.1, 0.15) is 0 Å². The van der Waals surface area contributed by atoms with Gasteiger partial charge in [0.2, 0.25) is 6.17 Å². The predicted molar refractivity (Wildman–Crippen MR) is 62.8 cm³/mol. The van der Waals surface area contributed by atoms with E-state index in [1.807, 2.05) is 24.1 Å². The Hall–Kier alpha value is -1.62. The van der Waals surface area contributed by atoms with Gasteiger partial charge in [-0.15, -0.1) is 0 Å². The summed E-state index contributed by atoms with van der Waals surface area (Å²) >= 11 is 0. The first kappa shape index (κ1) is 11.9. The maximum absolute atomic E-state index is 9.07. The largest absolute Gasteiger partial charge is 0.507 e. The number of hydrogen-bond acceptors (Lipinski definition) is 3. The summed E-state index contributed by atoms with van der Waals surface area (Å²) in [6.07, 6.45) is 0.684. The molecule has 1 aliphatic heterocycles. The Kier molecular flexibility index (Phi) is 3.28. The highest BCUT2D eigenvalue weighted by molar-refractivity contribution is 5.48. The van der Waals surface area contributed by atoms with Gasteiger partial charge in [0.25, 0.3) is 0 Å². The highest BCUT2D eigenvalue weighted by Gasteiger charge is 2.26. The third-order valence-corrected chi connectivity index (χ3v) is 3.22. The van der Waals surface area contributed by atoms with Crippen LogP contribution in [0.3, 0.4) is 0 Å². The zero-order chi connectivity index (χ0) is 12.4. The molecule has 0 bridgehead atoms. The summed E-state index contributed by atoms with van der Waals surface area (Å²) in [4.78, 5) is 2.05. The summed E-state index contributed by atoms with van der Waals surface area (Å²) < 4.78 is 10.6. The second kappa shape index (κ2) is 4.71. The van der Waals surface area contributed by atoms with Crippen LogP contribution in [0.5, 0.6) is 11.5 Å². The van der Waals surface area contributed by atoms with Crippen LogP contribution in [0.4, 0.5) is 0 Å². The number of benzene rings is 1. The Morgan fingerprint density at radius 1 is 1.24 bits per heavy atom. The molecule has 0 aromatic heterocycles. The van der Waals surface area contributed by atoms with E-state index in [1.165, 1.54) is 11.1 Å². The van der Waals surface area contributed by atoms with Crippen molar-refractivity contribution in [3.05, 3.63) is 28.8 Å². The summed E-state index contributed by atoms with van der Waals surface area (Å²) in [7, 11) is 5.23. The zero-order valence-electron chi connectivity index (χ0n) is 10.4. The minimum absolute atomic E-state index is 0.0550. The Labute approximate surface area is 101 Å². The van der Waals surface area contributed by atoms with E-state index < -0.39 is 0 Å². The summed E-state index contributed by atoms with van der Waals surface area (Å²) in [5.74, 6) is 1.47. The van der Waals surface area contributed by atoms with Crippen LogP contribution in [0, 0.1) is 0 Å². The third-order valence-electron chi connectivity index (χ3n) is 3.22. The quantitative estimate of drug-likeness (QED) is 0.757. The standard InChI is InChI=1S/C12H17N3O2/c1-15-7-9-5-11(17-3)10(16-2)4-8(9)6-12(15)14-13/h4-5,12,14H,6-7H2,1-3H3. The molecule has 0 spiro atoms. The minimum Gasteiger partial charge on any atom is -0.507 e. The fraction of sp³-hybridized carbons (Fsp3) is 0.500. The third kappa shape index (κ3) is 2.10. The van der Waals surface area contributed by atoms with E-state index in [4.69, 9.17) is 15.0 Å². The fourth-order valence-electron chi connectivity index (χ4n) is 2.19. The molecule has 17 heavy (non-hydrogen) atoms. The van der Waals surface area contributed by atoms with Gasteiger partial charge >= 0.3 is 0 Å². The molecule has 1 aromatic carbocycles. The monoisotopic (exact) mass is 235 g/mol. The molecule has 1 N–H and O–H groups in total. The Morgan fingerprint density at radius 2 is 1.82 bits per heavy atom. The SMILES string of the molecule is COc1cc2c(cc1OC)CN(C)C([NH+]=[N-])C2. The van der Waals surface area contributed by atoms with E-state index in [-0.39, 0.29) is 6.17 Å². The van der Waals surface area contributed by atoms with E-state index >= 15 is 0 Å². The van der Waals surface area contributed by atoms with Crippen molar-refractivity contribution in [1.82, 2.24) is 4.90 Å². The number of likely N-dealkylation sites (N-methyl/N-ethyl adjacent to an activating group) is 1. The summed E-state index contributed by atoms with van der Waals surface area (Å²) in [6, 6.07) is 3.98. The van der Waals surface area contributed by atoms with Crippen molar-refractivity contribution in [2.24, 2.45) is 0 Å². The van der Waals surface area contributed by atoms with Crippen molar-refractivity contribution in [3.63, 3.8) is 0 Å². The van der Waals surface area contributed by atoms with Gasteiger partial charge in [-0.3, -0.25) is 0 Å². The number of nitrogens with one attached hydrogen (secondary N) is 1. The van der Waals surface area contributed by atoms with Gasteiger partial charge in [-0.25, -0.2) is 4.90 Å². The topological polar surface area (TPSA) is 58.0 Å². The van der Waals surface area contributed by atoms with Crippen LogP contribution in [0.25, 0.3) is 5.53 Å². The first-order chi connectivity index (χ1) is 8.19. The molecule has 5 nitrogen and oxygen atoms in total. The molecule has 0 saturated carbocycles. The molecule has 1 unspecified atom stereocenters. The van der Waals surface area contributed by atoms with Crippen LogP contribution in [0.15, 0.2) is 12.1 Å². The number of hydrogen-bond donors (Lipinski definition) is 1. The van der Waals surface area contributed by atoms with Crippen molar-refractivity contribution in [3.8, 4) is 11.5 Å². The molecule has 92 valence electrons. The smallest absolute Gasteiger partial charge is 0.200 e. The van der Waals surface area contributed by atoms with Crippen molar-refractivity contribution in [1.29, 1.82) is 0 Å². The zero-order valence-corrected chi connectivity index (χ0v) is 10.4. The first-order valence-corrected chi connectivity index (χ1v) is 5.53. The molecule has 2 rings (SSSR count). The van der Waals surface area contributed by atoms with Crippen molar-refractivity contribution < 1.29 is 14.6 Å². The number of fused-ring (bicyclic) bond motifs is 1. The first-order valence-electron chi connectivity index (χ1n) is 5.53. The van der Waals surface area contributed by atoms with Crippen LogP contribution in [-0.4, -0.2) is 32.3 Å². The van der Waals surface area contributed by atoms with E-state index in [0.29, 0.717) is 0 Å². The average Bonchev–Trinajstić information content (AvgIpc) is 2.36. The summed E-state index contributed by atoms with van der Waals surface area (Å²) in [5, 5.41) is 2.31. The lowest BCUT2D eigenvalue weighted by Crippen LogP contribution is -2.78. The molecule has 5 heteroatoms. The molecule has 1 aromatic rings. The molecular weight excluding hydrogens is 218 g/mol. The van der Waals surface area contributed by atoms with E-state index in [9.17, 15) is 0 Å². The highest BCUT2D eigenvalue weighted by Crippen LogP contribution is 2.33. The molecule has 1 aliphatic rings. The Morgan fingerprint density at radius 3 is 2.35 bits per heavy atom. The number of ether oxygens (including phenoxy) is 2. The molecule has 0 amide bonds. The highest BCUT2D eigenvalue weighted by atomic mass is 16.5. The van der Waals surface area contributed by atoms with Crippen LogP contribution < -0.4 is 14.6 Å². The second-order valence-corrected chi connectivity index (χ2v) is 4.24. The minimum atomic E-state index is -0.0550. The lowest BCUT2D eigenvalue weighted by Gasteiger charge is -2.29. The second-order valence-electron chi connectivity index (χ2n) is 4.24. The maximum atomic E-state index is 9.07. The summed E-state index contributed by atoms with van der Waals surface area (Å²) in [6.45, 7) is 0.772. The van der Waals surface area contributed by atoms with Crippen LogP contribution >= 0.6 is 0 Å².